The van der Waals surface area contributed by atoms with Crippen LogP contribution in [0.15, 0.2) is 36.4 Å². The van der Waals surface area contributed by atoms with Crippen LogP contribution in [0.25, 0.3) is 22.0 Å². The standard InChI is InChI=1S/C34H41FN4O4/c1-34(2)19-30-33(27-10-5-24(35)18-29(27)39(30)32(42)20-34)22-3-4-23(21-40)28(17-22)36-25-6-8-26(9-7-25)37-31(41)11-12-38-13-15-43-16-14-38/h3-5,10,17-18,21,25-26,36H,6-9,11-16,19-20H2,1-2H3,(H,37,41)/t25-,26-. The molecule has 0 atom stereocenters. The van der Waals surface area contributed by atoms with E-state index in [0.29, 0.717) is 30.3 Å². The van der Waals surface area contributed by atoms with Gasteiger partial charge in [-0.3, -0.25) is 23.9 Å². The molecule has 2 N–H and O–H groups in total. The molecule has 1 aliphatic carbocycles. The Hall–Kier alpha value is -3.56. The van der Waals surface area contributed by atoms with Crippen molar-refractivity contribution < 1.29 is 23.5 Å². The number of aromatic nitrogens is 1. The van der Waals surface area contributed by atoms with E-state index in [1.54, 1.807) is 10.6 Å². The van der Waals surface area contributed by atoms with Crippen molar-refractivity contribution in [2.45, 2.75) is 70.9 Å². The molecular weight excluding hydrogens is 547 g/mol. The molecule has 0 spiro atoms. The summed E-state index contributed by atoms with van der Waals surface area (Å²) in [6, 6.07) is 10.7. The van der Waals surface area contributed by atoms with Crippen molar-refractivity contribution in [1.29, 1.82) is 0 Å². The number of nitrogens with one attached hydrogen (secondary N) is 2. The number of morpholine rings is 1. The van der Waals surface area contributed by atoms with E-state index in [1.165, 1.54) is 12.1 Å². The number of hydrogen-bond donors (Lipinski definition) is 2. The van der Waals surface area contributed by atoms with Crippen LogP contribution < -0.4 is 10.6 Å². The van der Waals surface area contributed by atoms with Crippen LogP contribution in [0.4, 0.5) is 10.1 Å². The molecule has 3 aliphatic rings. The van der Waals surface area contributed by atoms with Gasteiger partial charge in [-0.1, -0.05) is 19.9 Å². The number of halogens is 1. The summed E-state index contributed by atoms with van der Waals surface area (Å²) in [5, 5.41) is 7.66. The first-order valence-electron chi connectivity index (χ1n) is 15.5. The summed E-state index contributed by atoms with van der Waals surface area (Å²) in [6.45, 7) is 8.16. The molecule has 3 heterocycles. The molecule has 43 heavy (non-hydrogen) atoms. The van der Waals surface area contributed by atoms with Gasteiger partial charge >= 0.3 is 0 Å². The summed E-state index contributed by atoms with van der Waals surface area (Å²) in [5.74, 6) is -0.302. The Morgan fingerprint density at radius 2 is 1.79 bits per heavy atom. The van der Waals surface area contributed by atoms with Gasteiger partial charge < -0.3 is 15.4 Å². The molecule has 0 bridgehead atoms. The van der Waals surface area contributed by atoms with E-state index in [-0.39, 0.29) is 35.1 Å². The quantitative estimate of drug-likeness (QED) is 0.341. The third-order valence-corrected chi connectivity index (χ3v) is 9.23. The number of rotatable bonds is 8. The van der Waals surface area contributed by atoms with E-state index in [9.17, 15) is 18.8 Å². The maximum atomic E-state index is 14.3. The Kier molecular flexibility index (Phi) is 8.38. The fraction of sp³-hybridized carbons (Fsp3) is 0.500. The fourth-order valence-corrected chi connectivity index (χ4v) is 7.02. The Labute approximate surface area is 251 Å². The van der Waals surface area contributed by atoms with Gasteiger partial charge in [-0.05, 0) is 73.4 Å². The van der Waals surface area contributed by atoms with E-state index in [2.05, 4.69) is 29.4 Å². The van der Waals surface area contributed by atoms with Gasteiger partial charge in [-0.2, -0.15) is 0 Å². The van der Waals surface area contributed by atoms with Crippen molar-refractivity contribution in [2.24, 2.45) is 5.41 Å². The van der Waals surface area contributed by atoms with Crippen molar-refractivity contribution >= 4 is 34.7 Å². The fourth-order valence-electron chi connectivity index (χ4n) is 7.02. The van der Waals surface area contributed by atoms with Crippen LogP contribution in [0, 0.1) is 11.2 Å². The van der Waals surface area contributed by atoms with Crippen LogP contribution in [0.5, 0.6) is 0 Å². The summed E-state index contributed by atoms with van der Waals surface area (Å²) in [7, 11) is 0. The highest BCUT2D eigenvalue weighted by molar-refractivity contribution is 6.05. The van der Waals surface area contributed by atoms with Gasteiger partial charge in [0, 0.05) is 72.5 Å². The van der Waals surface area contributed by atoms with Crippen LogP contribution in [0.3, 0.4) is 0 Å². The van der Waals surface area contributed by atoms with Gasteiger partial charge in [0.15, 0.2) is 6.29 Å². The van der Waals surface area contributed by atoms with Crippen LogP contribution >= 0.6 is 0 Å². The van der Waals surface area contributed by atoms with Gasteiger partial charge in [0.1, 0.15) is 5.82 Å². The first-order valence-corrected chi connectivity index (χ1v) is 15.5. The number of fused-ring (bicyclic) bond motifs is 3. The van der Waals surface area contributed by atoms with Crippen molar-refractivity contribution in [2.75, 3.05) is 38.2 Å². The maximum absolute atomic E-state index is 14.3. The second-order valence-corrected chi connectivity index (χ2v) is 13.1. The van der Waals surface area contributed by atoms with Crippen molar-refractivity contribution in [3.63, 3.8) is 0 Å². The highest BCUT2D eigenvalue weighted by Gasteiger charge is 2.35. The zero-order valence-corrected chi connectivity index (χ0v) is 25.1. The largest absolute Gasteiger partial charge is 0.382 e. The summed E-state index contributed by atoms with van der Waals surface area (Å²) < 4.78 is 21.4. The molecule has 228 valence electrons. The van der Waals surface area contributed by atoms with Gasteiger partial charge in [-0.15, -0.1) is 0 Å². The Morgan fingerprint density at radius 1 is 1.05 bits per heavy atom. The van der Waals surface area contributed by atoms with Crippen molar-refractivity contribution in [3.8, 4) is 11.1 Å². The Balaban J connectivity index is 1.17. The zero-order valence-electron chi connectivity index (χ0n) is 25.1. The first-order chi connectivity index (χ1) is 20.7. The number of carbonyl (C=O) groups excluding carboxylic acids is 3. The van der Waals surface area contributed by atoms with Gasteiger partial charge in [0.05, 0.1) is 18.7 Å². The van der Waals surface area contributed by atoms with E-state index >= 15 is 0 Å². The second-order valence-electron chi connectivity index (χ2n) is 13.1. The normalized spacial score (nSPS) is 22.3. The number of amides is 1. The highest BCUT2D eigenvalue weighted by Crippen LogP contribution is 2.43. The van der Waals surface area contributed by atoms with E-state index in [0.717, 1.165) is 92.7 Å². The molecule has 0 unspecified atom stereocenters. The molecule has 1 saturated heterocycles. The predicted molar refractivity (Wildman–Crippen MR) is 165 cm³/mol. The summed E-state index contributed by atoms with van der Waals surface area (Å²) >= 11 is 0. The zero-order chi connectivity index (χ0) is 30.1. The minimum Gasteiger partial charge on any atom is -0.382 e. The number of hydrogen-bond acceptors (Lipinski definition) is 6. The molecule has 1 amide bonds. The summed E-state index contributed by atoms with van der Waals surface area (Å²) in [6.07, 6.45) is 5.95. The van der Waals surface area contributed by atoms with Crippen LogP contribution in [-0.4, -0.2) is 72.5 Å². The Morgan fingerprint density at radius 3 is 2.53 bits per heavy atom. The second kappa shape index (κ2) is 12.2. The molecule has 8 nitrogen and oxygen atoms in total. The van der Waals surface area contributed by atoms with Gasteiger partial charge in [0.2, 0.25) is 11.8 Å². The molecule has 2 aromatic carbocycles. The van der Waals surface area contributed by atoms with Gasteiger partial charge in [-0.25, -0.2) is 4.39 Å². The average Bonchev–Trinajstić information content (AvgIpc) is 3.29. The smallest absolute Gasteiger partial charge is 0.231 e. The molecule has 3 aromatic rings. The molecule has 6 rings (SSSR count). The number of benzene rings is 2. The lowest BCUT2D eigenvalue weighted by Crippen LogP contribution is -2.42. The van der Waals surface area contributed by atoms with E-state index < -0.39 is 0 Å². The molecule has 0 radical (unpaired) electrons. The van der Waals surface area contributed by atoms with E-state index in [4.69, 9.17) is 4.74 Å². The lowest BCUT2D eigenvalue weighted by atomic mass is 9.80. The molecule has 2 aliphatic heterocycles. The lowest BCUT2D eigenvalue weighted by Gasteiger charge is -2.31. The Bertz CT molecular complexity index is 1530. The number of ether oxygens (including phenoxy) is 1. The maximum Gasteiger partial charge on any atom is 0.231 e. The van der Waals surface area contributed by atoms with Crippen LogP contribution in [-0.2, 0) is 16.0 Å². The lowest BCUT2D eigenvalue weighted by molar-refractivity contribution is -0.122. The number of anilines is 1. The van der Waals surface area contributed by atoms with Crippen LogP contribution in [0.2, 0.25) is 0 Å². The first kappa shape index (κ1) is 29.5. The molecule has 1 saturated carbocycles. The summed E-state index contributed by atoms with van der Waals surface area (Å²) in [5.41, 5.74) is 4.39. The minimum atomic E-state index is -0.375. The monoisotopic (exact) mass is 588 g/mol. The third kappa shape index (κ3) is 6.38. The SMILES string of the molecule is CC1(C)CC(=O)n2c(c(-c3ccc(C=O)c(N[C@H]4CC[C@H](NC(=O)CCN5CCOCC5)CC4)c3)c3ccc(F)cc32)C1. The van der Waals surface area contributed by atoms with E-state index in [1.807, 2.05) is 18.2 Å². The molecular formula is C34H41FN4O4. The topological polar surface area (TPSA) is 92.7 Å². The molecule has 1 aromatic heterocycles. The number of aldehydes is 1. The third-order valence-electron chi connectivity index (χ3n) is 9.23. The highest BCUT2D eigenvalue weighted by atomic mass is 19.1. The number of carbonyl (C=O) groups is 3. The van der Waals surface area contributed by atoms with Crippen molar-refractivity contribution in [1.82, 2.24) is 14.8 Å². The minimum absolute atomic E-state index is 0.0269. The van der Waals surface area contributed by atoms with Crippen LogP contribution in [0.1, 0.15) is 73.2 Å². The average molecular weight is 589 g/mol. The van der Waals surface area contributed by atoms with Crippen molar-refractivity contribution in [3.05, 3.63) is 53.5 Å². The molecule has 2 fully saturated rings. The predicted octanol–water partition coefficient (Wildman–Crippen LogP) is 5.43. The van der Waals surface area contributed by atoms with Gasteiger partial charge in [0.25, 0.3) is 0 Å². The summed E-state index contributed by atoms with van der Waals surface area (Å²) in [4.78, 5) is 40.1. The molecule has 9 heteroatoms. The number of nitrogens with zero attached hydrogens (tertiary/aromatic N) is 2.